The van der Waals surface area contributed by atoms with Crippen molar-refractivity contribution in [2.24, 2.45) is 4.99 Å². The molecule has 0 aliphatic carbocycles. The van der Waals surface area contributed by atoms with E-state index in [1.165, 1.54) is 0 Å². The van der Waals surface area contributed by atoms with E-state index in [4.69, 9.17) is 9.15 Å². The van der Waals surface area contributed by atoms with Crippen LogP contribution in [0.15, 0.2) is 9.41 Å². The van der Waals surface area contributed by atoms with Crippen LogP contribution in [0.4, 0.5) is 0 Å². The topological polar surface area (TPSA) is 71.7 Å². The molecule has 1 aromatic rings. The van der Waals surface area contributed by atoms with Crippen LogP contribution in [0.3, 0.4) is 0 Å². The maximum Gasteiger partial charge on any atom is 0.214 e. The molecule has 0 saturated heterocycles. The molecular formula is C12H22N4O2. The number of ether oxygens (including phenoxy) is 1. The molecule has 6 nitrogen and oxygen atoms in total. The number of nitrogens with one attached hydrogen (secondary N) is 2. The fraction of sp³-hybridized carbons (Fsp3) is 0.667. The molecular weight excluding hydrogens is 232 g/mol. The molecule has 0 bridgehead atoms. The molecule has 102 valence electrons. The van der Waals surface area contributed by atoms with Gasteiger partial charge in [-0.15, -0.1) is 0 Å². The first-order valence-electron chi connectivity index (χ1n) is 6.12. The Morgan fingerprint density at radius 1 is 1.39 bits per heavy atom. The van der Waals surface area contributed by atoms with Crippen molar-refractivity contribution in [3.05, 3.63) is 17.3 Å². The summed E-state index contributed by atoms with van der Waals surface area (Å²) < 4.78 is 10.7. The Kier molecular flexibility index (Phi) is 6.21. The lowest BCUT2D eigenvalue weighted by Gasteiger charge is -2.10. The summed E-state index contributed by atoms with van der Waals surface area (Å²) in [5.74, 6) is 2.23. The molecule has 0 unspecified atom stereocenters. The third-order valence-corrected chi connectivity index (χ3v) is 2.45. The summed E-state index contributed by atoms with van der Waals surface area (Å²) >= 11 is 0. The van der Waals surface area contributed by atoms with E-state index < -0.39 is 0 Å². The Hall–Kier alpha value is -1.56. The van der Waals surface area contributed by atoms with E-state index in [0.717, 1.165) is 24.6 Å². The van der Waals surface area contributed by atoms with Crippen LogP contribution in [0.2, 0.25) is 0 Å². The average molecular weight is 254 g/mol. The van der Waals surface area contributed by atoms with E-state index in [-0.39, 0.29) is 0 Å². The van der Waals surface area contributed by atoms with Gasteiger partial charge in [0.05, 0.1) is 18.8 Å². The van der Waals surface area contributed by atoms with Gasteiger partial charge < -0.3 is 19.8 Å². The highest BCUT2D eigenvalue weighted by Crippen LogP contribution is 2.07. The summed E-state index contributed by atoms with van der Waals surface area (Å²) in [6.45, 7) is 8.43. The molecule has 0 atom stereocenters. The normalized spacial score (nSPS) is 11.7. The third-order valence-electron chi connectivity index (χ3n) is 2.45. The van der Waals surface area contributed by atoms with Gasteiger partial charge in [-0.25, -0.2) is 4.98 Å². The predicted octanol–water partition coefficient (Wildman–Crippen LogP) is 0.993. The molecule has 2 N–H and O–H groups in total. The summed E-state index contributed by atoms with van der Waals surface area (Å²) in [7, 11) is 1.72. The Balaban J connectivity index is 2.31. The summed E-state index contributed by atoms with van der Waals surface area (Å²) in [5.41, 5.74) is 0.922. The van der Waals surface area contributed by atoms with E-state index in [9.17, 15) is 0 Å². The van der Waals surface area contributed by atoms with Crippen LogP contribution in [0.1, 0.15) is 24.3 Å². The first-order chi connectivity index (χ1) is 8.67. The number of aryl methyl sites for hydroxylation is 2. The van der Waals surface area contributed by atoms with Gasteiger partial charge in [0.25, 0.3) is 0 Å². The third kappa shape index (κ3) is 4.75. The predicted molar refractivity (Wildman–Crippen MR) is 70.7 cm³/mol. The first kappa shape index (κ1) is 14.5. The lowest BCUT2D eigenvalue weighted by atomic mass is 10.4. The van der Waals surface area contributed by atoms with Crippen molar-refractivity contribution in [1.82, 2.24) is 15.6 Å². The molecule has 0 amide bonds. The summed E-state index contributed by atoms with van der Waals surface area (Å²) in [6.07, 6.45) is 0. The van der Waals surface area contributed by atoms with Gasteiger partial charge in [-0.05, 0) is 20.8 Å². The number of nitrogens with zero attached hydrogens (tertiary/aromatic N) is 2. The second-order valence-corrected chi connectivity index (χ2v) is 3.80. The summed E-state index contributed by atoms with van der Waals surface area (Å²) in [4.78, 5) is 8.39. The van der Waals surface area contributed by atoms with Crippen LogP contribution in [0.25, 0.3) is 0 Å². The molecule has 1 aromatic heterocycles. The zero-order chi connectivity index (χ0) is 13.4. The van der Waals surface area contributed by atoms with Gasteiger partial charge in [0.1, 0.15) is 5.76 Å². The Labute approximate surface area is 108 Å². The van der Waals surface area contributed by atoms with Gasteiger partial charge in [-0.3, -0.25) is 4.99 Å². The smallest absolute Gasteiger partial charge is 0.214 e. The standard InChI is InChI=1S/C12H22N4O2/c1-5-17-7-6-14-12(13-4)15-8-11-16-9(2)10(3)18-11/h5-8H2,1-4H3,(H2,13,14,15). The van der Waals surface area contributed by atoms with Crippen LogP contribution in [0.5, 0.6) is 0 Å². The van der Waals surface area contributed by atoms with E-state index >= 15 is 0 Å². The number of rotatable bonds is 6. The van der Waals surface area contributed by atoms with E-state index in [0.29, 0.717) is 25.0 Å². The highest BCUT2D eigenvalue weighted by atomic mass is 16.5. The molecule has 0 aliphatic heterocycles. The molecule has 0 aliphatic rings. The van der Waals surface area contributed by atoms with Gasteiger partial charge in [0, 0.05) is 20.2 Å². The zero-order valence-corrected chi connectivity index (χ0v) is 11.5. The number of guanidine groups is 1. The average Bonchev–Trinajstić information content (AvgIpc) is 2.68. The quantitative estimate of drug-likeness (QED) is 0.450. The van der Waals surface area contributed by atoms with Crippen molar-refractivity contribution in [3.63, 3.8) is 0 Å². The Bertz CT molecular complexity index is 368. The van der Waals surface area contributed by atoms with Crippen LogP contribution in [0, 0.1) is 13.8 Å². The largest absolute Gasteiger partial charge is 0.444 e. The van der Waals surface area contributed by atoms with E-state index in [1.807, 2.05) is 20.8 Å². The van der Waals surface area contributed by atoms with Crippen molar-refractivity contribution in [1.29, 1.82) is 0 Å². The second kappa shape index (κ2) is 7.71. The highest BCUT2D eigenvalue weighted by Gasteiger charge is 2.05. The van der Waals surface area contributed by atoms with Crippen molar-refractivity contribution in [2.75, 3.05) is 26.8 Å². The highest BCUT2D eigenvalue weighted by molar-refractivity contribution is 5.79. The molecule has 1 heterocycles. The van der Waals surface area contributed by atoms with Gasteiger partial charge in [-0.1, -0.05) is 0 Å². The second-order valence-electron chi connectivity index (χ2n) is 3.80. The lowest BCUT2D eigenvalue weighted by Crippen LogP contribution is -2.38. The van der Waals surface area contributed by atoms with Crippen LogP contribution in [-0.2, 0) is 11.3 Å². The summed E-state index contributed by atoms with van der Waals surface area (Å²) in [6, 6.07) is 0. The molecule has 1 rings (SSSR count). The van der Waals surface area contributed by atoms with E-state index in [2.05, 4.69) is 20.6 Å². The maximum atomic E-state index is 5.47. The number of hydrogen-bond acceptors (Lipinski definition) is 4. The SMILES string of the molecule is CCOCCNC(=NC)NCc1nc(C)c(C)o1. The maximum absolute atomic E-state index is 5.47. The molecule has 18 heavy (non-hydrogen) atoms. The van der Waals surface area contributed by atoms with Crippen LogP contribution >= 0.6 is 0 Å². The molecule has 0 spiro atoms. The van der Waals surface area contributed by atoms with Gasteiger partial charge in [0.15, 0.2) is 5.96 Å². The van der Waals surface area contributed by atoms with Gasteiger partial charge >= 0.3 is 0 Å². The zero-order valence-electron chi connectivity index (χ0n) is 11.5. The molecule has 0 saturated carbocycles. The number of aromatic nitrogens is 1. The van der Waals surface area contributed by atoms with Crippen LogP contribution in [-0.4, -0.2) is 37.7 Å². The molecule has 6 heteroatoms. The monoisotopic (exact) mass is 254 g/mol. The van der Waals surface area contributed by atoms with Crippen molar-refractivity contribution in [3.8, 4) is 0 Å². The van der Waals surface area contributed by atoms with Gasteiger partial charge in [-0.2, -0.15) is 0 Å². The fourth-order valence-electron chi connectivity index (χ4n) is 1.38. The number of oxazole rings is 1. The molecule has 0 aromatic carbocycles. The lowest BCUT2D eigenvalue weighted by molar-refractivity contribution is 0.152. The Morgan fingerprint density at radius 3 is 2.72 bits per heavy atom. The van der Waals surface area contributed by atoms with Crippen molar-refractivity contribution >= 4 is 5.96 Å². The van der Waals surface area contributed by atoms with Crippen molar-refractivity contribution < 1.29 is 9.15 Å². The minimum atomic E-state index is 0.517. The Morgan fingerprint density at radius 2 is 2.17 bits per heavy atom. The molecule has 0 radical (unpaired) electrons. The van der Waals surface area contributed by atoms with Gasteiger partial charge in [0.2, 0.25) is 5.89 Å². The molecule has 0 fully saturated rings. The number of hydrogen-bond donors (Lipinski definition) is 2. The van der Waals surface area contributed by atoms with Crippen LogP contribution < -0.4 is 10.6 Å². The number of aliphatic imine (C=N–C) groups is 1. The first-order valence-corrected chi connectivity index (χ1v) is 6.12. The van der Waals surface area contributed by atoms with Crippen molar-refractivity contribution in [2.45, 2.75) is 27.3 Å². The minimum absolute atomic E-state index is 0.517. The van der Waals surface area contributed by atoms with E-state index in [1.54, 1.807) is 7.05 Å². The minimum Gasteiger partial charge on any atom is -0.444 e. The summed E-state index contributed by atoms with van der Waals surface area (Å²) in [5, 5.41) is 6.27. The fourth-order valence-corrected chi connectivity index (χ4v) is 1.38.